The van der Waals surface area contributed by atoms with Crippen molar-refractivity contribution in [1.29, 1.82) is 0 Å². The zero-order chi connectivity index (χ0) is 21.8. The number of halogens is 6. The van der Waals surface area contributed by atoms with Crippen molar-refractivity contribution in [3.63, 3.8) is 0 Å². The summed E-state index contributed by atoms with van der Waals surface area (Å²) >= 11 is 0. The van der Waals surface area contributed by atoms with Crippen LogP contribution in [0.3, 0.4) is 0 Å². The van der Waals surface area contributed by atoms with E-state index in [9.17, 15) is 26.3 Å². The largest absolute Gasteiger partial charge is 0.416 e. The van der Waals surface area contributed by atoms with E-state index < -0.39 is 23.5 Å². The molecule has 0 heterocycles. The number of hydrogen-bond donors (Lipinski definition) is 2. The molecule has 0 aliphatic heterocycles. The highest BCUT2D eigenvalue weighted by atomic mass is 19.4. The van der Waals surface area contributed by atoms with E-state index in [1.54, 1.807) is 0 Å². The fourth-order valence-corrected chi connectivity index (χ4v) is 3.65. The average Bonchev–Trinajstić information content (AvgIpc) is 2.71. The lowest BCUT2D eigenvalue weighted by Gasteiger charge is -2.30. The molecule has 0 unspecified atom stereocenters. The molecule has 0 atom stereocenters. The molecule has 30 heavy (non-hydrogen) atoms. The van der Waals surface area contributed by atoms with Crippen molar-refractivity contribution in [3.8, 4) is 0 Å². The summed E-state index contributed by atoms with van der Waals surface area (Å²) in [6, 6.07) is 11.0. The zero-order valence-corrected chi connectivity index (χ0v) is 16.3. The molecule has 164 valence electrons. The van der Waals surface area contributed by atoms with Crippen molar-refractivity contribution in [1.82, 2.24) is 10.6 Å². The molecule has 0 spiro atoms. The molecule has 0 aromatic heterocycles. The van der Waals surface area contributed by atoms with Crippen molar-refractivity contribution in [2.24, 2.45) is 0 Å². The summed E-state index contributed by atoms with van der Waals surface area (Å²) in [5.74, 6) is 0. The summed E-state index contributed by atoms with van der Waals surface area (Å²) in [5, 5.41) is 6.79. The van der Waals surface area contributed by atoms with Gasteiger partial charge in [0.05, 0.1) is 11.1 Å². The van der Waals surface area contributed by atoms with Crippen LogP contribution in [0.2, 0.25) is 0 Å². The fourth-order valence-electron chi connectivity index (χ4n) is 3.65. The number of alkyl halides is 6. The van der Waals surface area contributed by atoms with Gasteiger partial charge in [0.2, 0.25) is 0 Å². The second-order valence-electron chi connectivity index (χ2n) is 7.70. The van der Waals surface area contributed by atoms with Gasteiger partial charge >= 0.3 is 12.4 Å². The van der Waals surface area contributed by atoms with Crippen LogP contribution in [-0.4, -0.2) is 12.1 Å². The molecule has 0 saturated heterocycles. The fraction of sp³-hybridized carbons (Fsp3) is 0.455. The minimum atomic E-state index is -4.32. The van der Waals surface area contributed by atoms with Crippen LogP contribution < -0.4 is 10.6 Å². The second-order valence-corrected chi connectivity index (χ2v) is 7.70. The monoisotopic (exact) mass is 430 g/mol. The summed E-state index contributed by atoms with van der Waals surface area (Å²) in [7, 11) is 0. The topological polar surface area (TPSA) is 24.1 Å². The molecule has 0 amide bonds. The molecular weight excluding hydrogens is 406 g/mol. The molecule has 1 fully saturated rings. The maximum atomic E-state index is 12.6. The first-order valence-electron chi connectivity index (χ1n) is 9.90. The highest BCUT2D eigenvalue weighted by Crippen LogP contribution is 2.30. The van der Waals surface area contributed by atoms with E-state index in [1.165, 1.54) is 24.3 Å². The van der Waals surface area contributed by atoms with Gasteiger partial charge in [0.25, 0.3) is 0 Å². The first-order chi connectivity index (χ1) is 14.1. The Balaban J connectivity index is 1.38. The van der Waals surface area contributed by atoms with Crippen LogP contribution in [0.25, 0.3) is 0 Å². The molecule has 2 aromatic carbocycles. The van der Waals surface area contributed by atoms with Gasteiger partial charge in [0.1, 0.15) is 0 Å². The van der Waals surface area contributed by atoms with Gasteiger partial charge in [-0.15, -0.1) is 0 Å². The zero-order valence-electron chi connectivity index (χ0n) is 16.3. The van der Waals surface area contributed by atoms with E-state index in [0.29, 0.717) is 25.2 Å². The predicted octanol–water partition coefficient (Wildman–Crippen LogP) is 5.91. The van der Waals surface area contributed by atoms with E-state index in [-0.39, 0.29) is 0 Å². The van der Waals surface area contributed by atoms with Crippen LogP contribution in [0.1, 0.15) is 47.9 Å². The van der Waals surface area contributed by atoms with Gasteiger partial charge in [0.15, 0.2) is 0 Å². The molecule has 3 rings (SSSR count). The number of rotatable bonds is 6. The maximum absolute atomic E-state index is 12.6. The third kappa shape index (κ3) is 6.47. The van der Waals surface area contributed by atoms with Crippen LogP contribution >= 0.6 is 0 Å². The Labute approximate surface area is 171 Å². The molecule has 0 radical (unpaired) electrons. The Bertz CT molecular complexity index is 719. The first-order valence-corrected chi connectivity index (χ1v) is 9.90. The van der Waals surface area contributed by atoms with Gasteiger partial charge in [-0.3, -0.25) is 0 Å². The Kier molecular flexibility index (Phi) is 7.08. The van der Waals surface area contributed by atoms with E-state index in [0.717, 1.165) is 61.1 Å². The van der Waals surface area contributed by atoms with Crippen LogP contribution in [0.15, 0.2) is 48.5 Å². The van der Waals surface area contributed by atoms with Gasteiger partial charge in [-0.05, 0) is 61.1 Å². The predicted molar refractivity (Wildman–Crippen MR) is 103 cm³/mol. The molecule has 1 aliphatic carbocycles. The van der Waals surface area contributed by atoms with Gasteiger partial charge in [-0.1, -0.05) is 24.3 Å². The van der Waals surface area contributed by atoms with Crippen molar-refractivity contribution < 1.29 is 26.3 Å². The molecule has 2 nitrogen and oxygen atoms in total. The van der Waals surface area contributed by atoms with Gasteiger partial charge in [-0.25, -0.2) is 0 Å². The van der Waals surface area contributed by atoms with E-state index in [1.807, 2.05) is 0 Å². The molecule has 0 bridgehead atoms. The third-order valence-corrected chi connectivity index (χ3v) is 5.48. The van der Waals surface area contributed by atoms with E-state index in [4.69, 9.17) is 0 Å². The first kappa shape index (κ1) is 22.6. The lowest BCUT2D eigenvalue weighted by molar-refractivity contribution is -0.138. The van der Waals surface area contributed by atoms with Gasteiger partial charge < -0.3 is 10.6 Å². The smallest absolute Gasteiger partial charge is 0.310 e. The Morgan fingerprint density at radius 1 is 0.567 bits per heavy atom. The summed E-state index contributed by atoms with van der Waals surface area (Å²) < 4.78 is 75.6. The van der Waals surface area contributed by atoms with Crippen LogP contribution in [0, 0.1) is 0 Å². The normalized spacial score (nSPS) is 20.3. The van der Waals surface area contributed by atoms with Crippen LogP contribution in [-0.2, 0) is 25.4 Å². The maximum Gasteiger partial charge on any atom is 0.416 e. The van der Waals surface area contributed by atoms with Crippen molar-refractivity contribution in [3.05, 3.63) is 70.8 Å². The molecule has 8 heteroatoms. The highest BCUT2D eigenvalue weighted by molar-refractivity contribution is 5.25. The highest BCUT2D eigenvalue weighted by Gasteiger charge is 2.30. The third-order valence-electron chi connectivity index (χ3n) is 5.48. The number of nitrogens with one attached hydrogen (secondary N) is 2. The van der Waals surface area contributed by atoms with Crippen LogP contribution in [0.5, 0.6) is 0 Å². The minimum absolute atomic E-state index is 0.302. The van der Waals surface area contributed by atoms with E-state index in [2.05, 4.69) is 10.6 Å². The second kappa shape index (κ2) is 9.39. The van der Waals surface area contributed by atoms with Crippen molar-refractivity contribution in [2.75, 3.05) is 0 Å². The summed E-state index contributed by atoms with van der Waals surface area (Å²) in [6.45, 7) is 1.04. The average molecular weight is 430 g/mol. The number of benzene rings is 2. The lowest BCUT2D eigenvalue weighted by Crippen LogP contribution is -2.39. The summed E-state index contributed by atoms with van der Waals surface area (Å²) in [4.78, 5) is 0. The van der Waals surface area contributed by atoms with E-state index >= 15 is 0 Å². The summed E-state index contributed by atoms with van der Waals surface area (Å²) in [6.07, 6.45) is -4.90. The van der Waals surface area contributed by atoms with Gasteiger partial charge in [-0.2, -0.15) is 26.3 Å². The Morgan fingerprint density at radius 3 is 1.13 bits per heavy atom. The summed E-state index contributed by atoms with van der Waals surface area (Å²) in [5.41, 5.74) is 0.327. The van der Waals surface area contributed by atoms with Crippen LogP contribution in [0.4, 0.5) is 26.3 Å². The Hall–Kier alpha value is -2.06. The van der Waals surface area contributed by atoms with Crippen molar-refractivity contribution >= 4 is 0 Å². The molecule has 1 aliphatic rings. The molecule has 2 N–H and O–H groups in total. The van der Waals surface area contributed by atoms with Gasteiger partial charge in [0, 0.05) is 25.2 Å². The molecular formula is C22H24F6N2. The van der Waals surface area contributed by atoms with Crippen molar-refractivity contribution in [2.45, 2.75) is 63.2 Å². The number of hydrogen-bond acceptors (Lipinski definition) is 2. The lowest BCUT2D eigenvalue weighted by atomic mass is 9.91. The Morgan fingerprint density at radius 2 is 0.867 bits per heavy atom. The SMILES string of the molecule is FC(F)(F)c1ccc(CNC2CCC(NCc3ccc(C(F)(F)F)cc3)CC2)cc1. The standard InChI is InChI=1S/C22H24F6N2/c23-21(24,25)17-5-1-15(2-6-17)13-29-19-9-11-20(12-10-19)30-14-16-3-7-18(8-4-16)22(26,27)28/h1-8,19-20,29-30H,9-14H2. The molecule has 1 saturated carbocycles. The quantitative estimate of drug-likeness (QED) is 0.557. The molecule has 2 aromatic rings. The minimum Gasteiger partial charge on any atom is -0.310 e.